The van der Waals surface area contributed by atoms with Crippen LogP contribution in [0.15, 0.2) is 46.2 Å². The summed E-state index contributed by atoms with van der Waals surface area (Å²) in [4.78, 5) is 37.6. The van der Waals surface area contributed by atoms with Gasteiger partial charge in [-0.1, -0.05) is 49.7 Å². The van der Waals surface area contributed by atoms with Gasteiger partial charge in [0.2, 0.25) is 5.78 Å². The van der Waals surface area contributed by atoms with Crippen molar-refractivity contribution in [1.29, 1.82) is 0 Å². The van der Waals surface area contributed by atoms with E-state index < -0.39 is 17.0 Å². The van der Waals surface area contributed by atoms with E-state index in [4.69, 9.17) is 11.6 Å². The van der Waals surface area contributed by atoms with Crippen LogP contribution in [0, 0.1) is 5.41 Å². The quantitative estimate of drug-likeness (QED) is 0.851. The number of benzene rings is 1. The summed E-state index contributed by atoms with van der Waals surface area (Å²) < 4.78 is 0. The van der Waals surface area contributed by atoms with Crippen LogP contribution in [0.5, 0.6) is 0 Å². The van der Waals surface area contributed by atoms with Crippen LogP contribution in [0.4, 0.5) is 0 Å². The van der Waals surface area contributed by atoms with Crippen LogP contribution in [0.25, 0.3) is 0 Å². The lowest BCUT2D eigenvalue weighted by atomic mass is 9.73. The predicted octanol–water partition coefficient (Wildman–Crippen LogP) is 3.76. The highest BCUT2D eigenvalue weighted by molar-refractivity contribution is 6.51. The number of allylic oxidation sites excluding steroid dienone is 4. The highest BCUT2D eigenvalue weighted by atomic mass is 35.5. The van der Waals surface area contributed by atoms with E-state index in [1.54, 1.807) is 12.1 Å². The highest BCUT2D eigenvalue weighted by Gasteiger charge is 2.41. The number of halogens is 1. The van der Waals surface area contributed by atoms with Gasteiger partial charge < -0.3 is 5.11 Å². The lowest BCUT2D eigenvalue weighted by Crippen LogP contribution is -2.30. The summed E-state index contributed by atoms with van der Waals surface area (Å²) >= 11 is 6.10. The number of rotatable bonds is 1. The van der Waals surface area contributed by atoms with Gasteiger partial charge in [0.15, 0.2) is 11.6 Å². The van der Waals surface area contributed by atoms with Crippen molar-refractivity contribution in [3.05, 3.63) is 57.3 Å². The van der Waals surface area contributed by atoms with Crippen molar-refractivity contribution >= 4 is 29.0 Å². The lowest BCUT2D eigenvalue weighted by Gasteiger charge is -2.31. The van der Waals surface area contributed by atoms with E-state index in [-0.39, 0.29) is 51.7 Å². The van der Waals surface area contributed by atoms with E-state index in [1.165, 1.54) is 12.1 Å². The van der Waals surface area contributed by atoms with E-state index in [2.05, 4.69) is 0 Å². The van der Waals surface area contributed by atoms with Crippen LogP contribution < -0.4 is 0 Å². The Morgan fingerprint density at radius 3 is 2.09 bits per heavy atom. The van der Waals surface area contributed by atoms with Gasteiger partial charge in [0.25, 0.3) is 0 Å². The summed E-state index contributed by atoms with van der Waals surface area (Å²) in [6.45, 7) is 3.72. The maximum atomic E-state index is 12.7. The number of ketones is 3. The number of hydrogen-bond acceptors (Lipinski definition) is 4. The molecule has 0 fully saturated rings. The second-order valence-electron chi connectivity index (χ2n) is 6.66. The number of carbonyl (C=O) groups is 3. The van der Waals surface area contributed by atoms with Gasteiger partial charge in [-0.3, -0.25) is 14.4 Å². The van der Waals surface area contributed by atoms with Crippen LogP contribution >= 0.6 is 11.6 Å². The third-order valence-corrected chi connectivity index (χ3v) is 4.53. The van der Waals surface area contributed by atoms with Crippen LogP contribution in [0.3, 0.4) is 0 Å². The Bertz CT molecular complexity index is 827. The number of aliphatic hydroxyl groups is 1. The average Bonchev–Trinajstić information content (AvgIpc) is 2.46. The molecule has 2 aliphatic carbocycles. The summed E-state index contributed by atoms with van der Waals surface area (Å²) in [7, 11) is 0. The Kier molecular flexibility index (Phi) is 3.52. The van der Waals surface area contributed by atoms with Crippen molar-refractivity contribution in [2.24, 2.45) is 5.41 Å². The van der Waals surface area contributed by atoms with Crippen LogP contribution in [0.2, 0.25) is 0 Å². The average molecular weight is 331 g/mol. The molecule has 5 heteroatoms. The first kappa shape index (κ1) is 15.7. The van der Waals surface area contributed by atoms with Crippen molar-refractivity contribution in [2.75, 3.05) is 0 Å². The molecule has 0 bridgehead atoms. The Hall–Kier alpha value is -2.20. The molecule has 0 heterocycles. The third kappa shape index (κ3) is 2.43. The molecule has 2 aliphatic rings. The fourth-order valence-electron chi connectivity index (χ4n) is 3.14. The summed E-state index contributed by atoms with van der Waals surface area (Å²) in [6.07, 6.45) is 0.439. The Morgan fingerprint density at radius 1 is 0.957 bits per heavy atom. The number of Topliss-reactive ketones (excluding diaryl/α,β-unsaturated/α-hetero) is 3. The molecule has 0 radical (unpaired) electrons. The van der Waals surface area contributed by atoms with Crippen LogP contribution in [0.1, 0.15) is 47.4 Å². The molecule has 4 nitrogen and oxygen atoms in total. The standard InChI is InChI=1S/C18H15ClO4/c1-18(2)7-11(20)13(12(21)8-18)14-15(19)17(23)10-6-4-3-5-9(10)16(14)22/h3-6,20H,7-8H2,1-2H3. The zero-order valence-corrected chi connectivity index (χ0v) is 13.5. The van der Waals surface area contributed by atoms with Crippen LogP contribution in [-0.2, 0) is 4.79 Å². The molecule has 1 aromatic carbocycles. The molecule has 0 aromatic heterocycles. The molecule has 0 saturated heterocycles. The molecule has 0 aliphatic heterocycles. The molecule has 1 N–H and O–H groups in total. The monoisotopic (exact) mass is 330 g/mol. The van der Waals surface area contributed by atoms with E-state index in [0.717, 1.165) is 0 Å². The van der Waals surface area contributed by atoms with Gasteiger partial charge in [0.05, 0.1) is 11.1 Å². The molecule has 0 atom stereocenters. The molecule has 0 spiro atoms. The van der Waals surface area contributed by atoms with Crippen molar-refractivity contribution in [3.63, 3.8) is 0 Å². The van der Waals surface area contributed by atoms with E-state index in [0.29, 0.717) is 0 Å². The van der Waals surface area contributed by atoms with Crippen LogP contribution in [-0.4, -0.2) is 22.5 Å². The van der Waals surface area contributed by atoms with Crippen molar-refractivity contribution in [3.8, 4) is 0 Å². The van der Waals surface area contributed by atoms with Gasteiger partial charge in [-0.2, -0.15) is 0 Å². The first-order chi connectivity index (χ1) is 10.7. The minimum Gasteiger partial charge on any atom is -0.512 e. The predicted molar refractivity (Wildman–Crippen MR) is 85.7 cm³/mol. The second-order valence-corrected chi connectivity index (χ2v) is 7.03. The molecule has 0 unspecified atom stereocenters. The third-order valence-electron chi connectivity index (χ3n) is 4.16. The van der Waals surface area contributed by atoms with Gasteiger partial charge in [0.1, 0.15) is 10.8 Å². The number of hydrogen-bond donors (Lipinski definition) is 1. The lowest BCUT2D eigenvalue weighted by molar-refractivity contribution is -0.118. The van der Waals surface area contributed by atoms with E-state index in [1.807, 2.05) is 13.8 Å². The molecule has 3 rings (SSSR count). The largest absolute Gasteiger partial charge is 0.512 e. The SMILES string of the molecule is CC1(C)CC(=O)C(C2=C(Cl)C(=O)c3ccccc3C2=O)=C(O)C1. The molecular formula is C18H15ClO4. The zero-order valence-electron chi connectivity index (χ0n) is 12.8. The zero-order chi connectivity index (χ0) is 16.9. The minimum absolute atomic E-state index is 0.109. The summed E-state index contributed by atoms with van der Waals surface area (Å²) in [5.74, 6) is -1.55. The molecule has 118 valence electrons. The van der Waals surface area contributed by atoms with Crippen molar-refractivity contribution in [2.45, 2.75) is 26.7 Å². The fourth-order valence-corrected chi connectivity index (χ4v) is 3.42. The number of fused-ring (bicyclic) bond motifs is 1. The summed E-state index contributed by atoms with van der Waals surface area (Å²) in [5, 5.41) is 10.00. The molecule has 23 heavy (non-hydrogen) atoms. The molecular weight excluding hydrogens is 316 g/mol. The summed E-state index contributed by atoms with van der Waals surface area (Å²) in [5.41, 5.74) is -0.252. The Morgan fingerprint density at radius 2 is 1.52 bits per heavy atom. The summed E-state index contributed by atoms with van der Waals surface area (Å²) in [6, 6.07) is 6.33. The number of aliphatic hydroxyl groups excluding tert-OH is 1. The first-order valence-electron chi connectivity index (χ1n) is 7.27. The minimum atomic E-state index is -0.505. The van der Waals surface area contributed by atoms with Gasteiger partial charge in [-0.05, 0) is 5.41 Å². The number of carbonyl (C=O) groups excluding carboxylic acids is 3. The molecule has 0 amide bonds. The van der Waals surface area contributed by atoms with E-state index >= 15 is 0 Å². The molecule has 0 saturated carbocycles. The van der Waals surface area contributed by atoms with Gasteiger partial charge in [-0.15, -0.1) is 0 Å². The maximum absolute atomic E-state index is 12.7. The van der Waals surface area contributed by atoms with Crippen molar-refractivity contribution in [1.82, 2.24) is 0 Å². The highest BCUT2D eigenvalue weighted by Crippen LogP contribution is 2.41. The smallest absolute Gasteiger partial charge is 0.205 e. The van der Waals surface area contributed by atoms with Gasteiger partial charge in [0, 0.05) is 24.0 Å². The normalized spacial score (nSPS) is 20.9. The second kappa shape index (κ2) is 5.17. The van der Waals surface area contributed by atoms with Gasteiger partial charge >= 0.3 is 0 Å². The van der Waals surface area contributed by atoms with Crippen molar-refractivity contribution < 1.29 is 19.5 Å². The Balaban J connectivity index is 2.21. The topological polar surface area (TPSA) is 71.4 Å². The molecule has 1 aromatic rings. The van der Waals surface area contributed by atoms with Gasteiger partial charge in [-0.25, -0.2) is 0 Å². The first-order valence-corrected chi connectivity index (χ1v) is 7.64. The fraction of sp³-hybridized carbons (Fsp3) is 0.278. The maximum Gasteiger partial charge on any atom is 0.205 e. The van der Waals surface area contributed by atoms with E-state index in [9.17, 15) is 19.5 Å². The Labute approximate surface area is 138 Å².